The highest BCUT2D eigenvalue weighted by Gasteiger charge is 2.45. The van der Waals surface area contributed by atoms with Crippen molar-refractivity contribution in [2.24, 2.45) is 7.05 Å². The molecule has 0 aliphatic rings. The summed E-state index contributed by atoms with van der Waals surface area (Å²) >= 11 is 0. The van der Waals surface area contributed by atoms with Crippen molar-refractivity contribution in [3.63, 3.8) is 0 Å². The second kappa shape index (κ2) is 9.69. The Morgan fingerprint density at radius 1 is 0.895 bits per heavy atom. The Morgan fingerprint density at radius 2 is 1.61 bits per heavy atom. The first kappa shape index (κ1) is 27.0. The lowest BCUT2D eigenvalue weighted by molar-refractivity contribution is -0.199. The molecule has 4 aromatic heterocycles. The first-order chi connectivity index (χ1) is 17.6. The van der Waals surface area contributed by atoms with Crippen LogP contribution in [-0.4, -0.2) is 52.3 Å². The van der Waals surface area contributed by atoms with Crippen molar-refractivity contribution < 1.29 is 27.4 Å². The van der Waals surface area contributed by atoms with Gasteiger partial charge in [-0.15, -0.1) is 15.3 Å². The van der Waals surface area contributed by atoms with E-state index in [2.05, 4.69) is 30.2 Å². The van der Waals surface area contributed by atoms with E-state index < -0.39 is 23.5 Å². The van der Waals surface area contributed by atoms with Crippen molar-refractivity contribution in [1.29, 1.82) is 0 Å². The van der Waals surface area contributed by atoms with Gasteiger partial charge in [-0.05, 0) is 59.7 Å². The molecule has 0 N–H and O–H groups in total. The van der Waals surface area contributed by atoms with Gasteiger partial charge in [-0.3, -0.25) is 4.98 Å². The number of halogens is 3. The second-order valence-electron chi connectivity index (χ2n) is 10.5. The lowest BCUT2D eigenvalue weighted by Crippen LogP contribution is -2.27. The molecule has 1 atom stereocenters. The van der Waals surface area contributed by atoms with Crippen LogP contribution in [0.2, 0.25) is 0 Å². The number of fused-ring (bicyclic) bond motifs is 1. The molecule has 0 aliphatic carbocycles. The van der Waals surface area contributed by atoms with Gasteiger partial charge in [0.05, 0.1) is 16.6 Å². The lowest BCUT2D eigenvalue weighted by atomic mass is 10.1. The third-order valence-corrected chi connectivity index (χ3v) is 4.84. The van der Waals surface area contributed by atoms with Gasteiger partial charge in [0.1, 0.15) is 16.9 Å². The molecule has 0 saturated heterocycles. The summed E-state index contributed by atoms with van der Waals surface area (Å²) in [6, 6.07) is 5.82. The second-order valence-corrected chi connectivity index (χ2v) is 10.5. The van der Waals surface area contributed by atoms with Crippen molar-refractivity contribution >= 4 is 11.0 Å². The molecule has 0 bridgehead atoms. The molecular formula is C25H28F3N7O3. The molecule has 10 nitrogen and oxygen atoms in total. The Labute approximate surface area is 217 Å². The standard InChI is InChI=1S/C25H28F3N7O3/c1-23(2,3)37-20-15(13-30-22(31-20)38-24(4,5)6)17-12-14-19(33-32-17)35(7)34-21(14)36-18(25(26,27)28)16-10-8-9-11-29-16/h8-13,18H,1-7H3/t18-/m1/s1. The van der Waals surface area contributed by atoms with Gasteiger partial charge in [-0.25, -0.2) is 9.67 Å². The molecule has 0 unspecified atom stereocenters. The number of hydrogen-bond acceptors (Lipinski definition) is 9. The molecule has 0 spiro atoms. The number of alkyl halides is 3. The Bertz CT molecular complexity index is 1430. The predicted octanol–water partition coefficient (Wildman–Crippen LogP) is 5.25. The molecule has 4 rings (SSSR count). The molecule has 38 heavy (non-hydrogen) atoms. The molecule has 0 radical (unpaired) electrons. The summed E-state index contributed by atoms with van der Waals surface area (Å²) < 4.78 is 60.3. The minimum absolute atomic E-state index is 0.100. The monoisotopic (exact) mass is 531 g/mol. The maximum atomic E-state index is 13.9. The maximum Gasteiger partial charge on any atom is 0.431 e. The number of aromatic nitrogens is 7. The highest BCUT2D eigenvalue weighted by molar-refractivity contribution is 5.85. The molecule has 4 aromatic rings. The first-order valence-electron chi connectivity index (χ1n) is 11.7. The van der Waals surface area contributed by atoms with Gasteiger partial charge in [-0.1, -0.05) is 6.07 Å². The average Bonchev–Trinajstić information content (AvgIpc) is 3.10. The van der Waals surface area contributed by atoms with Crippen LogP contribution in [0.1, 0.15) is 53.3 Å². The number of rotatable bonds is 6. The Hall–Kier alpha value is -4.03. The number of ether oxygens (including phenoxy) is 3. The molecule has 0 amide bonds. The predicted molar refractivity (Wildman–Crippen MR) is 132 cm³/mol. The Balaban J connectivity index is 1.80. The topological polar surface area (TPSA) is 110 Å². The van der Waals surface area contributed by atoms with Crippen LogP contribution in [0.25, 0.3) is 22.3 Å². The van der Waals surface area contributed by atoms with Crippen LogP contribution in [-0.2, 0) is 7.05 Å². The summed E-state index contributed by atoms with van der Waals surface area (Å²) in [5.41, 5.74) is -0.655. The molecule has 0 saturated carbocycles. The van der Waals surface area contributed by atoms with Gasteiger partial charge in [0, 0.05) is 19.4 Å². The number of hydrogen-bond donors (Lipinski definition) is 0. The van der Waals surface area contributed by atoms with E-state index in [0.29, 0.717) is 5.56 Å². The third kappa shape index (κ3) is 6.26. The molecule has 202 valence electrons. The van der Waals surface area contributed by atoms with E-state index >= 15 is 0 Å². The molecule has 13 heteroatoms. The van der Waals surface area contributed by atoms with Gasteiger partial charge in [0.25, 0.3) is 0 Å². The van der Waals surface area contributed by atoms with E-state index in [4.69, 9.17) is 14.2 Å². The number of pyridine rings is 1. The zero-order valence-corrected chi connectivity index (χ0v) is 22.0. The van der Waals surface area contributed by atoms with Crippen molar-refractivity contribution in [2.45, 2.75) is 65.0 Å². The molecule has 0 aromatic carbocycles. The van der Waals surface area contributed by atoms with Crippen molar-refractivity contribution in [3.8, 4) is 29.0 Å². The molecule has 0 fully saturated rings. The van der Waals surface area contributed by atoms with Gasteiger partial charge in [0.15, 0.2) is 5.65 Å². The quantitative estimate of drug-likeness (QED) is 0.329. The van der Waals surface area contributed by atoms with Crippen molar-refractivity contribution in [1.82, 2.24) is 34.9 Å². The van der Waals surface area contributed by atoms with Crippen LogP contribution in [0.4, 0.5) is 13.2 Å². The maximum absolute atomic E-state index is 13.9. The van der Waals surface area contributed by atoms with E-state index in [0.717, 1.165) is 0 Å². The van der Waals surface area contributed by atoms with Crippen LogP contribution < -0.4 is 14.2 Å². The first-order valence-corrected chi connectivity index (χ1v) is 11.7. The fourth-order valence-corrected chi connectivity index (χ4v) is 3.39. The molecule has 4 heterocycles. The van der Waals surface area contributed by atoms with Gasteiger partial charge in [-0.2, -0.15) is 18.2 Å². The van der Waals surface area contributed by atoms with Crippen molar-refractivity contribution in [2.75, 3.05) is 0 Å². The van der Waals surface area contributed by atoms with Gasteiger partial charge < -0.3 is 14.2 Å². The summed E-state index contributed by atoms with van der Waals surface area (Å²) in [6.07, 6.45) is -4.35. The fraction of sp³-hybridized carbons (Fsp3) is 0.440. The zero-order chi connectivity index (χ0) is 27.9. The Morgan fingerprint density at radius 3 is 2.21 bits per heavy atom. The van der Waals surface area contributed by atoms with Gasteiger partial charge in [0.2, 0.25) is 17.9 Å². The summed E-state index contributed by atoms with van der Waals surface area (Å²) in [4.78, 5) is 12.5. The van der Waals surface area contributed by atoms with Crippen LogP contribution in [0.3, 0.4) is 0 Å². The van der Waals surface area contributed by atoms with Crippen LogP contribution >= 0.6 is 0 Å². The number of nitrogens with zero attached hydrogens (tertiary/aromatic N) is 7. The zero-order valence-electron chi connectivity index (χ0n) is 22.0. The minimum atomic E-state index is -4.74. The van der Waals surface area contributed by atoms with Crippen LogP contribution in [0.5, 0.6) is 17.8 Å². The summed E-state index contributed by atoms with van der Waals surface area (Å²) in [6.45, 7) is 11.1. The normalized spacial score (nSPS) is 13.4. The highest BCUT2D eigenvalue weighted by Crippen LogP contribution is 2.39. The van der Waals surface area contributed by atoms with E-state index in [9.17, 15) is 13.2 Å². The van der Waals surface area contributed by atoms with E-state index in [1.807, 2.05) is 41.5 Å². The van der Waals surface area contributed by atoms with Crippen molar-refractivity contribution in [3.05, 3.63) is 42.4 Å². The molecule has 0 aliphatic heterocycles. The average molecular weight is 532 g/mol. The van der Waals surface area contributed by atoms with E-state index in [1.165, 1.54) is 48.4 Å². The van der Waals surface area contributed by atoms with E-state index in [-0.39, 0.29) is 40.2 Å². The fourth-order valence-electron chi connectivity index (χ4n) is 3.39. The SMILES string of the molecule is Cn1nc(O[C@H](c2ccccn2)C(F)(F)F)c2cc(-c3cnc(OC(C)(C)C)nc3OC(C)(C)C)nnc21. The number of aryl methyl sites for hydroxylation is 1. The van der Waals surface area contributed by atoms with E-state index in [1.54, 1.807) is 0 Å². The molecular weight excluding hydrogens is 503 g/mol. The summed E-state index contributed by atoms with van der Waals surface area (Å²) in [7, 11) is 1.53. The van der Waals surface area contributed by atoms with Crippen LogP contribution in [0.15, 0.2) is 36.7 Å². The Kier molecular flexibility index (Phi) is 6.89. The lowest BCUT2D eigenvalue weighted by Gasteiger charge is -2.24. The largest absolute Gasteiger partial charge is 0.471 e. The third-order valence-electron chi connectivity index (χ3n) is 4.84. The minimum Gasteiger partial charge on any atom is -0.471 e. The highest BCUT2D eigenvalue weighted by atomic mass is 19.4. The van der Waals surface area contributed by atoms with Crippen LogP contribution in [0, 0.1) is 0 Å². The summed E-state index contributed by atoms with van der Waals surface area (Å²) in [5.74, 6) is -0.105. The van der Waals surface area contributed by atoms with Gasteiger partial charge >= 0.3 is 12.2 Å². The summed E-state index contributed by atoms with van der Waals surface area (Å²) in [5, 5.41) is 12.7. The smallest absolute Gasteiger partial charge is 0.431 e.